The van der Waals surface area contributed by atoms with Crippen molar-refractivity contribution in [3.8, 4) is 5.69 Å². The fourth-order valence-corrected chi connectivity index (χ4v) is 3.03. The maximum absolute atomic E-state index is 12.5. The van der Waals surface area contributed by atoms with Crippen LogP contribution in [0.5, 0.6) is 0 Å². The molecule has 3 rings (SSSR count). The van der Waals surface area contributed by atoms with Crippen LogP contribution in [0, 0.1) is 5.92 Å². The normalized spacial score (nSPS) is 21.5. The number of amides is 1. The van der Waals surface area contributed by atoms with Gasteiger partial charge in [-0.25, -0.2) is 4.68 Å². The largest absolute Gasteiger partial charge is 0.348 e. The lowest BCUT2D eigenvalue weighted by Crippen LogP contribution is -2.44. The van der Waals surface area contributed by atoms with Gasteiger partial charge in [0.25, 0.3) is 5.91 Å². The van der Waals surface area contributed by atoms with Crippen LogP contribution in [0.3, 0.4) is 0 Å². The molecule has 0 saturated heterocycles. The van der Waals surface area contributed by atoms with Gasteiger partial charge in [0.1, 0.15) is 5.69 Å². The van der Waals surface area contributed by atoms with Gasteiger partial charge in [0, 0.05) is 24.6 Å². The molecule has 2 unspecified atom stereocenters. The van der Waals surface area contributed by atoms with E-state index in [-0.39, 0.29) is 11.9 Å². The lowest BCUT2D eigenvalue weighted by Gasteiger charge is -2.31. The van der Waals surface area contributed by atoms with Crippen molar-refractivity contribution in [3.05, 3.63) is 42.5 Å². The van der Waals surface area contributed by atoms with E-state index in [0.717, 1.165) is 24.9 Å². The topological polar surface area (TPSA) is 85.8 Å². The molecule has 0 aliphatic heterocycles. The molecule has 22 heavy (non-hydrogen) atoms. The first kappa shape index (κ1) is 14.7. The molecule has 1 aliphatic carbocycles. The minimum atomic E-state index is -0.139. The summed E-state index contributed by atoms with van der Waals surface area (Å²) in [4.78, 5) is 16.6. The van der Waals surface area contributed by atoms with Crippen LogP contribution in [0.1, 0.15) is 36.2 Å². The van der Waals surface area contributed by atoms with Crippen LogP contribution in [0.2, 0.25) is 0 Å². The summed E-state index contributed by atoms with van der Waals surface area (Å²) < 4.78 is 1.71. The molecule has 2 aromatic rings. The van der Waals surface area contributed by atoms with E-state index in [1.165, 1.54) is 6.42 Å². The van der Waals surface area contributed by atoms with Crippen molar-refractivity contribution in [2.75, 3.05) is 6.54 Å². The van der Waals surface area contributed by atoms with Gasteiger partial charge >= 0.3 is 0 Å². The Labute approximate surface area is 129 Å². The van der Waals surface area contributed by atoms with E-state index in [2.05, 4.69) is 15.4 Å². The number of aromatic nitrogens is 3. The Hall–Kier alpha value is -2.21. The molecule has 0 radical (unpaired) electrons. The highest BCUT2D eigenvalue weighted by atomic mass is 16.1. The third-order valence-electron chi connectivity index (χ3n) is 4.27. The van der Waals surface area contributed by atoms with E-state index >= 15 is 0 Å². The molecule has 0 aromatic carbocycles. The molecule has 0 bridgehead atoms. The number of carbonyl (C=O) groups excluding carboxylic acids is 1. The van der Waals surface area contributed by atoms with Crippen LogP contribution < -0.4 is 11.1 Å². The van der Waals surface area contributed by atoms with Gasteiger partial charge in [0.2, 0.25) is 0 Å². The minimum Gasteiger partial charge on any atom is -0.348 e. The molecule has 6 nitrogen and oxygen atoms in total. The van der Waals surface area contributed by atoms with Crippen LogP contribution >= 0.6 is 0 Å². The second-order valence-corrected chi connectivity index (χ2v) is 5.71. The van der Waals surface area contributed by atoms with Gasteiger partial charge in [0.05, 0.1) is 5.69 Å². The third-order valence-corrected chi connectivity index (χ3v) is 4.27. The molecule has 2 aromatic heterocycles. The molecule has 1 amide bonds. The van der Waals surface area contributed by atoms with Crippen LogP contribution in [-0.2, 0) is 0 Å². The minimum absolute atomic E-state index is 0.139. The average molecular weight is 299 g/mol. The average Bonchev–Trinajstić information content (AvgIpc) is 3.10. The summed E-state index contributed by atoms with van der Waals surface area (Å²) in [5.74, 6) is 0.228. The summed E-state index contributed by atoms with van der Waals surface area (Å²) in [5, 5.41) is 7.27. The fraction of sp³-hybridized carbons (Fsp3) is 0.438. The van der Waals surface area contributed by atoms with Crippen molar-refractivity contribution in [2.24, 2.45) is 11.7 Å². The SMILES string of the molecule is NCC1CCCCC1NC(=O)c1cc(-n2cccn2)ccn1. The van der Waals surface area contributed by atoms with Crippen molar-refractivity contribution in [2.45, 2.75) is 31.7 Å². The Kier molecular flexibility index (Phi) is 4.48. The molecule has 3 N–H and O–H groups in total. The standard InChI is InChI=1S/C16H21N5O/c17-11-12-4-1-2-5-14(12)20-16(22)15-10-13(6-8-18-15)21-9-3-7-19-21/h3,6-10,12,14H,1-2,4-5,11,17H2,(H,20,22). The number of nitrogens with two attached hydrogens (primary N) is 1. The second kappa shape index (κ2) is 6.70. The molecular weight excluding hydrogens is 278 g/mol. The fourth-order valence-electron chi connectivity index (χ4n) is 3.03. The van der Waals surface area contributed by atoms with Gasteiger partial charge in [-0.2, -0.15) is 5.10 Å². The molecular formula is C16H21N5O. The Balaban J connectivity index is 1.73. The molecule has 6 heteroatoms. The van der Waals surface area contributed by atoms with Crippen molar-refractivity contribution >= 4 is 5.91 Å². The number of carbonyl (C=O) groups is 1. The third kappa shape index (κ3) is 3.17. The highest BCUT2D eigenvalue weighted by Gasteiger charge is 2.26. The lowest BCUT2D eigenvalue weighted by molar-refractivity contribution is 0.0903. The number of rotatable bonds is 4. The van der Waals surface area contributed by atoms with E-state index in [1.807, 2.05) is 18.3 Å². The number of nitrogens with zero attached hydrogens (tertiary/aromatic N) is 3. The Morgan fingerprint density at radius 2 is 2.23 bits per heavy atom. The van der Waals surface area contributed by atoms with E-state index < -0.39 is 0 Å². The van der Waals surface area contributed by atoms with Crippen LogP contribution in [-0.4, -0.2) is 33.3 Å². The Morgan fingerprint density at radius 3 is 3.00 bits per heavy atom. The molecule has 1 aliphatic rings. The highest BCUT2D eigenvalue weighted by Crippen LogP contribution is 2.23. The monoisotopic (exact) mass is 299 g/mol. The maximum atomic E-state index is 12.5. The molecule has 1 saturated carbocycles. The number of hydrogen-bond donors (Lipinski definition) is 2. The summed E-state index contributed by atoms with van der Waals surface area (Å²) >= 11 is 0. The van der Waals surface area contributed by atoms with Crippen molar-refractivity contribution in [1.29, 1.82) is 0 Å². The maximum Gasteiger partial charge on any atom is 0.270 e. The van der Waals surface area contributed by atoms with E-state index in [9.17, 15) is 4.79 Å². The van der Waals surface area contributed by atoms with E-state index in [0.29, 0.717) is 18.2 Å². The molecule has 2 atom stereocenters. The number of nitrogens with one attached hydrogen (secondary N) is 1. The summed E-state index contributed by atoms with van der Waals surface area (Å²) in [5.41, 5.74) is 7.05. The first-order valence-electron chi connectivity index (χ1n) is 7.75. The molecule has 0 spiro atoms. The van der Waals surface area contributed by atoms with Gasteiger partial charge in [0.15, 0.2) is 0 Å². The van der Waals surface area contributed by atoms with Crippen molar-refractivity contribution in [3.63, 3.8) is 0 Å². The van der Waals surface area contributed by atoms with Crippen LogP contribution in [0.4, 0.5) is 0 Å². The van der Waals surface area contributed by atoms with Gasteiger partial charge in [-0.05, 0) is 43.5 Å². The van der Waals surface area contributed by atoms with E-state index in [4.69, 9.17) is 5.73 Å². The summed E-state index contributed by atoms with van der Waals surface area (Å²) in [7, 11) is 0. The van der Waals surface area contributed by atoms with Crippen LogP contribution in [0.15, 0.2) is 36.8 Å². The van der Waals surface area contributed by atoms with Crippen molar-refractivity contribution in [1.82, 2.24) is 20.1 Å². The van der Waals surface area contributed by atoms with Gasteiger partial charge in [-0.1, -0.05) is 12.8 Å². The first-order chi connectivity index (χ1) is 10.8. The van der Waals surface area contributed by atoms with E-state index in [1.54, 1.807) is 23.1 Å². The lowest BCUT2D eigenvalue weighted by atomic mass is 9.84. The predicted molar refractivity (Wildman–Crippen MR) is 83.6 cm³/mol. The molecule has 2 heterocycles. The van der Waals surface area contributed by atoms with Gasteiger partial charge in [-0.3, -0.25) is 9.78 Å². The zero-order chi connectivity index (χ0) is 15.4. The zero-order valence-electron chi connectivity index (χ0n) is 12.5. The number of pyridine rings is 1. The van der Waals surface area contributed by atoms with Gasteiger partial charge < -0.3 is 11.1 Å². The second-order valence-electron chi connectivity index (χ2n) is 5.71. The summed E-state index contributed by atoms with van der Waals surface area (Å²) in [6, 6.07) is 5.57. The van der Waals surface area contributed by atoms with Crippen LogP contribution in [0.25, 0.3) is 5.69 Å². The number of hydrogen-bond acceptors (Lipinski definition) is 4. The van der Waals surface area contributed by atoms with Crippen molar-refractivity contribution < 1.29 is 4.79 Å². The van der Waals surface area contributed by atoms with Gasteiger partial charge in [-0.15, -0.1) is 0 Å². The Morgan fingerprint density at radius 1 is 1.36 bits per heavy atom. The summed E-state index contributed by atoms with van der Waals surface area (Å²) in [6.45, 7) is 0.617. The molecule has 1 fully saturated rings. The molecule has 116 valence electrons. The smallest absolute Gasteiger partial charge is 0.270 e. The summed E-state index contributed by atoms with van der Waals surface area (Å²) in [6.07, 6.45) is 9.59. The predicted octanol–water partition coefficient (Wildman–Crippen LogP) is 1.51. The Bertz CT molecular complexity index is 625. The zero-order valence-corrected chi connectivity index (χ0v) is 12.5. The first-order valence-corrected chi connectivity index (χ1v) is 7.75. The highest BCUT2D eigenvalue weighted by molar-refractivity contribution is 5.92. The quantitative estimate of drug-likeness (QED) is 0.896.